The van der Waals surface area contributed by atoms with Crippen LogP contribution >= 0.6 is 0 Å². The van der Waals surface area contributed by atoms with Crippen LogP contribution in [0.4, 0.5) is 14.6 Å². The van der Waals surface area contributed by atoms with E-state index in [-0.39, 0.29) is 29.3 Å². The third-order valence-electron chi connectivity index (χ3n) is 4.58. The van der Waals surface area contributed by atoms with Crippen LogP contribution in [0.3, 0.4) is 0 Å². The van der Waals surface area contributed by atoms with E-state index in [1.165, 1.54) is 36.3 Å². The number of hydrogen-bond acceptors (Lipinski definition) is 7. The van der Waals surface area contributed by atoms with Gasteiger partial charge in [0.2, 0.25) is 5.88 Å². The van der Waals surface area contributed by atoms with E-state index < -0.39 is 23.9 Å². The van der Waals surface area contributed by atoms with Crippen LogP contribution in [-0.2, 0) is 0 Å². The molecule has 1 amide bonds. The van der Waals surface area contributed by atoms with E-state index >= 15 is 0 Å². The molecular formula is C17H17F2N7O2. The van der Waals surface area contributed by atoms with Gasteiger partial charge in [-0.3, -0.25) is 4.79 Å². The number of halogens is 2. The van der Waals surface area contributed by atoms with Crippen LogP contribution in [0, 0.1) is 5.82 Å². The Hall–Kier alpha value is -3.34. The molecule has 0 spiro atoms. The van der Waals surface area contributed by atoms with Gasteiger partial charge in [0.1, 0.15) is 23.6 Å². The van der Waals surface area contributed by atoms with Crippen LogP contribution in [0.15, 0.2) is 24.7 Å². The topological polar surface area (TPSA) is 119 Å². The van der Waals surface area contributed by atoms with E-state index in [0.29, 0.717) is 17.8 Å². The summed E-state index contributed by atoms with van der Waals surface area (Å²) < 4.78 is 34.6. The summed E-state index contributed by atoms with van der Waals surface area (Å²) in [5.74, 6) is -1.09. The second-order valence-corrected chi connectivity index (χ2v) is 6.32. The zero-order valence-electron chi connectivity index (χ0n) is 14.8. The maximum Gasteiger partial charge on any atom is 0.257 e. The number of anilines is 1. The molecule has 4 N–H and O–H groups in total. The molecule has 0 aromatic carbocycles. The third-order valence-corrected chi connectivity index (χ3v) is 4.58. The minimum absolute atomic E-state index is 0.0130. The fourth-order valence-corrected chi connectivity index (χ4v) is 3.18. The number of methoxy groups -OCH3 is 1. The number of rotatable bonds is 4. The molecule has 2 atom stereocenters. The van der Waals surface area contributed by atoms with Crippen molar-refractivity contribution in [2.24, 2.45) is 0 Å². The molecule has 1 fully saturated rings. The molecule has 11 heteroatoms. The Balaban J connectivity index is 1.75. The molecule has 9 nitrogen and oxygen atoms in total. The Kier molecular flexibility index (Phi) is 4.51. The van der Waals surface area contributed by atoms with Gasteiger partial charge >= 0.3 is 0 Å². The molecular weight excluding hydrogens is 372 g/mol. The van der Waals surface area contributed by atoms with Gasteiger partial charge in [0.05, 0.1) is 18.8 Å². The Morgan fingerprint density at radius 2 is 2.21 bits per heavy atom. The number of nitrogens with two attached hydrogens (primary N) is 1. The molecule has 146 valence electrons. The summed E-state index contributed by atoms with van der Waals surface area (Å²) in [5.41, 5.74) is 6.58. The number of carbonyl (C=O) groups excluding carboxylic acids is 1. The highest BCUT2D eigenvalue weighted by atomic mass is 19.1. The number of ether oxygens (including phenoxy) is 1. The Morgan fingerprint density at radius 1 is 1.39 bits per heavy atom. The lowest BCUT2D eigenvalue weighted by molar-refractivity contribution is 0.0920. The molecule has 0 bridgehead atoms. The first kappa shape index (κ1) is 18.0. The van der Waals surface area contributed by atoms with Crippen LogP contribution in [0.2, 0.25) is 0 Å². The van der Waals surface area contributed by atoms with Gasteiger partial charge in [0, 0.05) is 30.9 Å². The fourth-order valence-electron chi connectivity index (χ4n) is 3.18. The van der Waals surface area contributed by atoms with Crippen molar-refractivity contribution in [2.45, 2.75) is 12.2 Å². The van der Waals surface area contributed by atoms with E-state index in [1.807, 2.05) is 0 Å². The van der Waals surface area contributed by atoms with Crippen molar-refractivity contribution in [3.8, 4) is 17.1 Å². The van der Waals surface area contributed by atoms with Crippen molar-refractivity contribution in [1.29, 1.82) is 0 Å². The number of nitrogens with one attached hydrogen (secondary N) is 2. The second-order valence-electron chi connectivity index (χ2n) is 6.32. The average molecular weight is 389 g/mol. The van der Waals surface area contributed by atoms with Crippen LogP contribution in [0.25, 0.3) is 16.8 Å². The number of alkyl halides is 1. The first-order valence-electron chi connectivity index (χ1n) is 8.47. The highest BCUT2D eigenvalue weighted by molar-refractivity contribution is 5.97. The molecule has 0 aliphatic carbocycles. The van der Waals surface area contributed by atoms with E-state index in [2.05, 4.69) is 25.7 Å². The predicted octanol–water partition coefficient (Wildman–Crippen LogP) is 0.561. The third kappa shape index (κ3) is 2.99. The predicted molar refractivity (Wildman–Crippen MR) is 96.2 cm³/mol. The van der Waals surface area contributed by atoms with E-state index in [0.717, 1.165) is 0 Å². The maximum absolute atomic E-state index is 14.3. The Labute approximate surface area is 157 Å². The van der Waals surface area contributed by atoms with Crippen molar-refractivity contribution in [3.63, 3.8) is 0 Å². The molecule has 0 radical (unpaired) electrons. The van der Waals surface area contributed by atoms with Gasteiger partial charge in [-0.2, -0.15) is 5.10 Å². The molecule has 4 heterocycles. The minimum atomic E-state index is -1.19. The first-order valence-corrected chi connectivity index (χ1v) is 8.47. The number of hydrogen-bond donors (Lipinski definition) is 3. The van der Waals surface area contributed by atoms with Gasteiger partial charge in [0.25, 0.3) is 5.91 Å². The zero-order chi connectivity index (χ0) is 19.8. The van der Waals surface area contributed by atoms with Crippen molar-refractivity contribution in [2.75, 3.05) is 25.9 Å². The lowest BCUT2D eigenvalue weighted by Gasteiger charge is -2.15. The van der Waals surface area contributed by atoms with E-state index in [9.17, 15) is 13.6 Å². The largest absolute Gasteiger partial charge is 0.480 e. The fraction of sp³-hybridized carbons (Fsp3) is 0.294. The number of aromatic nitrogens is 4. The Morgan fingerprint density at radius 3 is 2.93 bits per heavy atom. The molecule has 3 aromatic rings. The standard InChI is InChI=1S/C17H17F2N7O2/c1-28-17-9(16(27)25-12-6-21-5-11(12)19)2-8(4-22-17)13-3-10(18)14-15(20)23-7-24-26(13)14/h2-4,7,11-12,21H,5-6H2,1H3,(H,25,27)(H2,20,23,24)/t11-,12+/m0/s1. The Bertz CT molecular complexity index is 1060. The molecule has 28 heavy (non-hydrogen) atoms. The summed E-state index contributed by atoms with van der Waals surface area (Å²) >= 11 is 0. The van der Waals surface area contributed by atoms with Gasteiger partial charge in [-0.25, -0.2) is 23.3 Å². The highest BCUT2D eigenvalue weighted by Gasteiger charge is 2.29. The van der Waals surface area contributed by atoms with Crippen molar-refractivity contribution in [1.82, 2.24) is 30.2 Å². The smallest absolute Gasteiger partial charge is 0.257 e. The molecule has 1 saturated heterocycles. The molecule has 0 saturated carbocycles. The quantitative estimate of drug-likeness (QED) is 0.596. The number of nitrogens with zero attached hydrogens (tertiary/aromatic N) is 4. The molecule has 1 aliphatic rings. The number of fused-ring (bicyclic) bond motifs is 1. The molecule has 0 unspecified atom stereocenters. The molecule has 4 rings (SSSR count). The van der Waals surface area contributed by atoms with Gasteiger partial charge in [0.15, 0.2) is 11.6 Å². The average Bonchev–Trinajstić information content (AvgIpc) is 3.25. The van der Waals surface area contributed by atoms with Crippen LogP contribution in [0.1, 0.15) is 10.4 Å². The lowest BCUT2D eigenvalue weighted by Crippen LogP contribution is -2.41. The summed E-state index contributed by atoms with van der Waals surface area (Å²) in [6.07, 6.45) is 1.43. The summed E-state index contributed by atoms with van der Waals surface area (Å²) in [7, 11) is 1.37. The van der Waals surface area contributed by atoms with Crippen molar-refractivity contribution < 1.29 is 18.3 Å². The summed E-state index contributed by atoms with van der Waals surface area (Å²) in [6.45, 7) is 0.504. The van der Waals surface area contributed by atoms with Crippen LogP contribution in [0.5, 0.6) is 5.88 Å². The number of nitrogen functional groups attached to an aromatic ring is 1. The summed E-state index contributed by atoms with van der Waals surface area (Å²) in [5, 5.41) is 9.51. The summed E-state index contributed by atoms with van der Waals surface area (Å²) in [6, 6.07) is 2.06. The van der Waals surface area contributed by atoms with Gasteiger partial charge in [-0.15, -0.1) is 0 Å². The first-order chi connectivity index (χ1) is 13.5. The lowest BCUT2D eigenvalue weighted by atomic mass is 10.1. The van der Waals surface area contributed by atoms with Crippen molar-refractivity contribution >= 4 is 17.2 Å². The van der Waals surface area contributed by atoms with Gasteiger partial charge in [-0.1, -0.05) is 0 Å². The van der Waals surface area contributed by atoms with Crippen LogP contribution < -0.4 is 21.1 Å². The summed E-state index contributed by atoms with van der Waals surface area (Å²) in [4.78, 5) is 20.6. The normalized spacial score (nSPS) is 19.1. The van der Waals surface area contributed by atoms with Crippen LogP contribution in [-0.4, -0.2) is 57.9 Å². The maximum atomic E-state index is 14.3. The van der Waals surface area contributed by atoms with Gasteiger partial charge in [-0.05, 0) is 6.07 Å². The van der Waals surface area contributed by atoms with Gasteiger partial charge < -0.3 is 21.1 Å². The molecule has 3 aromatic heterocycles. The SMILES string of the molecule is COc1ncc(-c2cc(F)c3c(N)ncnn23)cc1C(=O)N[C@@H]1CNC[C@@H]1F. The minimum Gasteiger partial charge on any atom is -0.480 e. The monoisotopic (exact) mass is 389 g/mol. The van der Waals surface area contributed by atoms with Crippen molar-refractivity contribution in [3.05, 3.63) is 36.0 Å². The number of carbonyl (C=O) groups is 1. The number of pyridine rings is 1. The number of amides is 1. The zero-order valence-corrected chi connectivity index (χ0v) is 14.8. The molecule has 1 aliphatic heterocycles. The second kappa shape index (κ2) is 7.00. The highest BCUT2D eigenvalue weighted by Crippen LogP contribution is 2.29. The van der Waals surface area contributed by atoms with E-state index in [1.54, 1.807) is 0 Å². The van der Waals surface area contributed by atoms with E-state index in [4.69, 9.17) is 10.5 Å².